The maximum Gasteiger partial charge on any atom is 0.119 e. The molecule has 1 fully saturated rings. The van der Waals surface area contributed by atoms with Crippen LogP contribution in [0.4, 0.5) is 0 Å². The molecule has 1 saturated heterocycles. The molecule has 0 bridgehead atoms. The SMILES string of the molecule is NCC1CCN(CCOc2ccc(Br)cc2)CC1. The number of hydrogen-bond donors (Lipinski definition) is 1. The fourth-order valence-corrected chi connectivity index (χ4v) is 2.53. The standard InChI is InChI=1S/C14H21BrN2O/c15-13-1-3-14(4-2-13)18-10-9-17-7-5-12(11-16)6-8-17/h1-4,12H,5-11,16H2. The van der Waals surface area contributed by atoms with Crippen molar-refractivity contribution in [2.75, 3.05) is 32.8 Å². The van der Waals surface area contributed by atoms with Crippen molar-refractivity contribution < 1.29 is 4.74 Å². The smallest absolute Gasteiger partial charge is 0.119 e. The largest absolute Gasteiger partial charge is 0.492 e. The van der Waals surface area contributed by atoms with Gasteiger partial charge in [0.25, 0.3) is 0 Å². The van der Waals surface area contributed by atoms with Crippen molar-refractivity contribution in [1.29, 1.82) is 0 Å². The van der Waals surface area contributed by atoms with Crippen LogP contribution in [0.2, 0.25) is 0 Å². The number of hydrogen-bond acceptors (Lipinski definition) is 3. The van der Waals surface area contributed by atoms with Crippen molar-refractivity contribution in [3.63, 3.8) is 0 Å². The Morgan fingerprint density at radius 2 is 1.89 bits per heavy atom. The van der Waals surface area contributed by atoms with Crippen LogP contribution < -0.4 is 10.5 Å². The number of rotatable bonds is 5. The lowest BCUT2D eigenvalue weighted by Gasteiger charge is -2.31. The zero-order chi connectivity index (χ0) is 12.8. The van der Waals surface area contributed by atoms with Gasteiger partial charge in [0.05, 0.1) is 0 Å². The molecule has 18 heavy (non-hydrogen) atoms. The predicted molar refractivity (Wildman–Crippen MR) is 77.9 cm³/mol. The third-order valence-corrected chi connectivity index (χ3v) is 4.06. The molecule has 0 aliphatic carbocycles. The topological polar surface area (TPSA) is 38.5 Å². The second-order valence-corrected chi connectivity index (χ2v) is 5.74. The average molecular weight is 313 g/mol. The summed E-state index contributed by atoms with van der Waals surface area (Å²) < 4.78 is 6.81. The van der Waals surface area contributed by atoms with Gasteiger partial charge in [-0.3, -0.25) is 4.90 Å². The van der Waals surface area contributed by atoms with Crippen molar-refractivity contribution in [3.05, 3.63) is 28.7 Å². The van der Waals surface area contributed by atoms with Gasteiger partial charge in [0.1, 0.15) is 12.4 Å². The first-order valence-electron chi connectivity index (χ1n) is 6.58. The quantitative estimate of drug-likeness (QED) is 0.908. The number of halogens is 1. The molecule has 0 unspecified atom stereocenters. The maximum atomic E-state index is 5.73. The second kappa shape index (κ2) is 7.12. The molecule has 2 N–H and O–H groups in total. The minimum absolute atomic E-state index is 0.730. The van der Waals surface area contributed by atoms with Crippen LogP contribution in [-0.2, 0) is 0 Å². The van der Waals surface area contributed by atoms with Gasteiger partial charge in [-0.15, -0.1) is 0 Å². The van der Waals surface area contributed by atoms with Crippen molar-refractivity contribution in [1.82, 2.24) is 4.90 Å². The summed E-state index contributed by atoms with van der Waals surface area (Å²) in [5.41, 5.74) is 5.69. The molecule has 4 heteroatoms. The second-order valence-electron chi connectivity index (χ2n) is 4.82. The van der Waals surface area contributed by atoms with E-state index in [2.05, 4.69) is 20.8 Å². The predicted octanol–water partition coefficient (Wildman–Crippen LogP) is 2.50. The van der Waals surface area contributed by atoms with Gasteiger partial charge in [-0.05, 0) is 62.7 Å². The molecule has 1 heterocycles. The lowest BCUT2D eigenvalue weighted by molar-refractivity contribution is 0.157. The van der Waals surface area contributed by atoms with E-state index in [1.165, 1.54) is 12.8 Å². The lowest BCUT2D eigenvalue weighted by atomic mass is 9.97. The normalized spacial score (nSPS) is 17.9. The van der Waals surface area contributed by atoms with Crippen LogP contribution in [0.5, 0.6) is 5.75 Å². The average Bonchev–Trinajstić information content (AvgIpc) is 2.42. The van der Waals surface area contributed by atoms with E-state index < -0.39 is 0 Å². The Balaban J connectivity index is 1.65. The lowest BCUT2D eigenvalue weighted by Crippen LogP contribution is -2.38. The van der Waals surface area contributed by atoms with E-state index in [1.54, 1.807) is 0 Å². The van der Waals surface area contributed by atoms with Gasteiger partial charge < -0.3 is 10.5 Å². The molecular weight excluding hydrogens is 292 g/mol. The Bertz CT molecular complexity index is 347. The van der Waals surface area contributed by atoms with Gasteiger partial charge >= 0.3 is 0 Å². The molecule has 0 aromatic heterocycles. The molecule has 0 saturated carbocycles. The van der Waals surface area contributed by atoms with Gasteiger partial charge in [0.15, 0.2) is 0 Å². The molecule has 2 rings (SSSR count). The fourth-order valence-electron chi connectivity index (χ4n) is 2.27. The molecule has 1 aliphatic rings. The van der Waals surface area contributed by atoms with Crippen molar-refractivity contribution in [2.24, 2.45) is 11.7 Å². The first-order valence-corrected chi connectivity index (χ1v) is 7.38. The third-order valence-electron chi connectivity index (χ3n) is 3.53. The van der Waals surface area contributed by atoms with E-state index in [9.17, 15) is 0 Å². The van der Waals surface area contributed by atoms with Gasteiger partial charge in [0, 0.05) is 11.0 Å². The molecule has 3 nitrogen and oxygen atoms in total. The number of nitrogens with zero attached hydrogens (tertiary/aromatic N) is 1. The number of likely N-dealkylation sites (tertiary alicyclic amines) is 1. The number of nitrogens with two attached hydrogens (primary N) is 1. The van der Waals surface area contributed by atoms with E-state index in [1.807, 2.05) is 24.3 Å². The molecule has 1 aliphatic heterocycles. The minimum Gasteiger partial charge on any atom is -0.492 e. The van der Waals surface area contributed by atoms with E-state index >= 15 is 0 Å². The molecule has 0 radical (unpaired) electrons. The number of piperidine rings is 1. The van der Waals surface area contributed by atoms with E-state index in [0.29, 0.717) is 0 Å². The van der Waals surface area contributed by atoms with Crippen LogP contribution in [0.3, 0.4) is 0 Å². The monoisotopic (exact) mass is 312 g/mol. The first-order chi connectivity index (χ1) is 8.78. The fraction of sp³-hybridized carbons (Fsp3) is 0.571. The summed E-state index contributed by atoms with van der Waals surface area (Å²) in [6.07, 6.45) is 2.46. The summed E-state index contributed by atoms with van der Waals surface area (Å²) >= 11 is 3.41. The van der Waals surface area contributed by atoms with Crippen molar-refractivity contribution in [2.45, 2.75) is 12.8 Å². The summed E-state index contributed by atoms with van der Waals surface area (Å²) in [5.74, 6) is 1.67. The Morgan fingerprint density at radius 3 is 2.50 bits per heavy atom. The summed E-state index contributed by atoms with van der Waals surface area (Å²) in [7, 11) is 0. The zero-order valence-corrected chi connectivity index (χ0v) is 12.2. The Morgan fingerprint density at radius 1 is 1.22 bits per heavy atom. The molecule has 0 atom stereocenters. The molecule has 100 valence electrons. The van der Waals surface area contributed by atoms with Crippen molar-refractivity contribution in [3.8, 4) is 5.75 Å². The highest BCUT2D eigenvalue weighted by Gasteiger charge is 2.17. The van der Waals surface area contributed by atoms with E-state index in [4.69, 9.17) is 10.5 Å². The van der Waals surface area contributed by atoms with Crippen LogP contribution in [-0.4, -0.2) is 37.7 Å². The third kappa shape index (κ3) is 4.26. The molecular formula is C14H21BrN2O. The highest BCUT2D eigenvalue weighted by molar-refractivity contribution is 9.10. The highest BCUT2D eigenvalue weighted by atomic mass is 79.9. The Labute approximate surface area is 117 Å². The Kier molecular flexibility index (Phi) is 5.47. The van der Waals surface area contributed by atoms with Crippen LogP contribution in [0, 0.1) is 5.92 Å². The van der Waals surface area contributed by atoms with E-state index in [-0.39, 0.29) is 0 Å². The van der Waals surface area contributed by atoms with Crippen LogP contribution in [0.1, 0.15) is 12.8 Å². The molecule has 1 aromatic rings. The molecule has 0 amide bonds. The van der Waals surface area contributed by atoms with Gasteiger partial charge in [-0.1, -0.05) is 15.9 Å². The van der Waals surface area contributed by atoms with E-state index in [0.717, 1.165) is 48.9 Å². The van der Waals surface area contributed by atoms with Gasteiger partial charge in [-0.2, -0.15) is 0 Å². The van der Waals surface area contributed by atoms with Crippen LogP contribution in [0.25, 0.3) is 0 Å². The minimum atomic E-state index is 0.730. The summed E-state index contributed by atoms with van der Waals surface area (Å²) in [5, 5.41) is 0. The summed E-state index contributed by atoms with van der Waals surface area (Å²) in [6, 6.07) is 7.99. The highest BCUT2D eigenvalue weighted by Crippen LogP contribution is 2.17. The zero-order valence-electron chi connectivity index (χ0n) is 10.6. The van der Waals surface area contributed by atoms with Gasteiger partial charge in [0.2, 0.25) is 0 Å². The van der Waals surface area contributed by atoms with Crippen LogP contribution >= 0.6 is 15.9 Å². The number of ether oxygens (including phenoxy) is 1. The molecule has 0 spiro atoms. The first kappa shape index (κ1) is 13.8. The Hall–Kier alpha value is -0.580. The van der Waals surface area contributed by atoms with Crippen LogP contribution in [0.15, 0.2) is 28.7 Å². The number of benzene rings is 1. The summed E-state index contributed by atoms with van der Waals surface area (Å²) in [4.78, 5) is 2.46. The molecule has 1 aromatic carbocycles. The van der Waals surface area contributed by atoms with Gasteiger partial charge in [-0.25, -0.2) is 0 Å². The van der Waals surface area contributed by atoms with Crippen molar-refractivity contribution >= 4 is 15.9 Å². The maximum absolute atomic E-state index is 5.73. The summed E-state index contributed by atoms with van der Waals surface area (Å²) in [6.45, 7) is 4.92.